The van der Waals surface area contributed by atoms with Crippen molar-refractivity contribution in [1.29, 1.82) is 0 Å². The van der Waals surface area contributed by atoms with Crippen LogP contribution in [-0.4, -0.2) is 11.8 Å². The highest BCUT2D eigenvalue weighted by Crippen LogP contribution is 2.30. The minimum atomic E-state index is 0.112. The van der Waals surface area contributed by atoms with E-state index in [1.807, 2.05) is 0 Å². The molecular formula is C31H46N2O2. The topological polar surface area (TPSA) is 58.2 Å². The molecule has 0 bridgehead atoms. The standard InChI is InChI=1S/C31H46N2O2/c1-7-13-15-28(34)32-30-24(9-3)18-22(19-25(30)10-4)17-23-20-26(11-5)31(27(12-6)21-23)33-29(35)16-14-8-2/h18-21H,7-17H2,1-6H3,(H,32,34)(H,33,35). The molecule has 0 aliphatic rings. The number of anilines is 2. The van der Waals surface area contributed by atoms with Gasteiger partial charge >= 0.3 is 0 Å². The van der Waals surface area contributed by atoms with Gasteiger partial charge in [0.05, 0.1) is 0 Å². The number of unbranched alkanes of at least 4 members (excludes halogenated alkanes) is 2. The van der Waals surface area contributed by atoms with Crippen LogP contribution in [0.1, 0.15) is 113 Å². The van der Waals surface area contributed by atoms with Gasteiger partial charge in [0, 0.05) is 24.2 Å². The Balaban J connectivity index is 2.36. The summed E-state index contributed by atoms with van der Waals surface area (Å²) in [7, 11) is 0. The van der Waals surface area contributed by atoms with Crippen LogP contribution in [0.2, 0.25) is 0 Å². The first kappa shape index (κ1) is 28.6. The maximum Gasteiger partial charge on any atom is 0.224 e. The van der Waals surface area contributed by atoms with Gasteiger partial charge in [-0.15, -0.1) is 0 Å². The summed E-state index contributed by atoms with van der Waals surface area (Å²) in [4.78, 5) is 24.9. The average molecular weight is 479 g/mol. The van der Waals surface area contributed by atoms with Crippen LogP contribution < -0.4 is 10.6 Å². The van der Waals surface area contributed by atoms with E-state index in [0.29, 0.717) is 12.8 Å². The van der Waals surface area contributed by atoms with Crippen molar-refractivity contribution >= 4 is 23.2 Å². The Morgan fingerprint density at radius 3 is 1.14 bits per heavy atom. The normalized spacial score (nSPS) is 10.9. The second-order valence-electron chi connectivity index (χ2n) is 9.47. The molecule has 0 fully saturated rings. The molecule has 0 aliphatic carbocycles. The molecule has 192 valence electrons. The second-order valence-corrected chi connectivity index (χ2v) is 9.47. The fourth-order valence-electron chi connectivity index (χ4n) is 4.63. The van der Waals surface area contributed by atoms with Crippen molar-refractivity contribution in [3.63, 3.8) is 0 Å². The van der Waals surface area contributed by atoms with Crippen molar-refractivity contribution in [2.75, 3.05) is 10.6 Å². The minimum Gasteiger partial charge on any atom is -0.326 e. The third kappa shape index (κ3) is 8.23. The molecule has 35 heavy (non-hydrogen) atoms. The molecule has 2 rings (SSSR count). The summed E-state index contributed by atoms with van der Waals surface area (Å²) in [5, 5.41) is 6.41. The maximum absolute atomic E-state index is 12.5. The third-order valence-corrected chi connectivity index (χ3v) is 6.70. The SMILES string of the molecule is CCCCC(=O)Nc1c(CC)cc(Cc2cc(CC)c(NC(=O)CCCC)c(CC)c2)cc1CC. The molecule has 0 atom stereocenters. The molecule has 0 saturated heterocycles. The smallest absolute Gasteiger partial charge is 0.224 e. The largest absolute Gasteiger partial charge is 0.326 e. The number of hydrogen-bond donors (Lipinski definition) is 2. The van der Waals surface area contributed by atoms with E-state index in [1.54, 1.807) is 0 Å². The minimum absolute atomic E-state index is 0.112. The lowest BCUT2D eigenvalue weighted by Crippen LogP contribution is -2.15. The molecule has 0 heterocycles. The first-order valence-corrected chi connectivity index (χ1v) is 13.8. The Labute approximate surface area is 213 Å². The van der Waals surface area contributed by atoms with Crippen molar-refractivity contribution in [1.82, 2.24) is 0 Å². The Hall–Kier alpha value is -2.62. The zero-order valence-corrected chi connectivity index (χ0v) is 22.9. The summed E-state index contributed by atoms with van der Waals surface area (Å²) >= 11 is 0. The Morgan fingerprint density at radius 2 is 0.886 bits per heavy atom. The Kier molecular flexibility index (Phi) is 12.0. The molecule has 2 aromatic carbocycles. The lowest BCUT2D eigenvalue weighted by atomic mass is 9.92. The predicted octanol–water partition coefficient (Wildman–Crippen LogP) is 7.78. The number of amides is 2. The summed E-state index contributed by atoms with van der Waals surface area (Å²) < 4.78 is 0. The van der Waals surface area contributed by atoms with Gasteiger partial charge in [-0.2, -0.15) is 0 Å². The van der Waals surface area contributed by atoms with E-state index >= 15 is 0 Å². The molecule has 4 heteroatoms. The number of rotatable bonds is 14. The highest BCUT2D eigenvalue weighted by atomic mass is 16.2. The fraction of sp³-hybridized carbons (Fsp3) is 0.548. The van der Waals surface area contributed by atoms with E-state index in [4.69, 9.17) is 0 Å². The quantitative estimate of drug-likeness (QED) is 0.291. The molecule has 0 aliphatic heterocycles. The lowest BCUT2D eigenvalue weighted by Gasteiger charge is -2.19. The highest BCUT2D eigenvalue weighted by Gasteiger charge is 2.15. The summed E-state index contributed by atoms with van der Waals surface area (Å²) in [6.07, 6.45) is 9.40. The van der Waals surface area contributed by atoms with E-state index in [2.05, 4.69) is 76.4 Å². The van der Waals surface area contributed by atoms with Crippen molar-refractivity contribution < 1.29 is 9.59 Å². The summed E-state index contributed by atoms with van der Waals surface area (Å²) in [5.41, 5.74) is 9.38. The van der Waals surface area contributed by atoms with Gasteiger partial charge in [-0.1, -0.05) is 78.6 Å². The Bertz CT molecular complexity index is 864. The first-order valence-electron chi connectivity index (χ1n) is 13.8. The molecule has 2 aromatic rings. The van der Waals surface area contributed by atoms with Crippen LogP contribution >= 0.6 is 0 Å². The number of benzene rings is 2. The van der Waals surface area contributed by atoms with Gasteiger partial charge in [-0.25, -0.2) is 0 Å². The summed E-state index contributed by atoms with van der Waals surface area (Å²) in [6, 6.07) is 9.02. The van der Waals surface area contributed by atoms with Crippen molar-refractivity contribution in [2.24, 2.45) is 0 Å². The second kappa shape index (κ2) is 14.7. The molecule has 2 amide bonds. The van der Waals surface area contributed by atoms with Crippen LogP contribution in [-0.2, 0) is 41.7 Å². The predicted molar refractivity (Wildman–Crippen MR) is 150 cm³/mol. The van der Waals surface area contributed by atoms with Crippen molar-refractivity contribution in [3.05, 3.63) is 57.6 Å². The molecule has 0 spiro atoms. The van der Waals surface area contributed by atoms with Crippen LogP contribution in [0.3, 0.4) is 0 Å². The zero-order valence-electron chi connectivity index (χ0n) is 22.9. The van der Waals surface area contributed by atoms with Crippen molar-refractivity contribution in [2.45, 2.75) is 112 Å². The maximum atomic E-state index is 12.5. The van der Waals surface area contributed by atoms with Crippen LogP contribution in [0.25, 0.3) is 0 Å². The van der Waals surface area contributed by atoms with Crippen LogP contribution in [0.15, 0.2) is 24.3 Å². The van der Waals surface area contributed by atoms with Gasteiger partial charge in [0.15, 0.2) is 0 Å². The number of hydrogen-bond acceptors (Lipinski definition) is 2. The number of aryl methyl sites for hydroxylation is 4. The Morgan fingerprint density at radius 1 is 0.571 bits per heavy atom. The summed E-state index contributed by atoms with van der Waals surface area (Å²) in [6.45, 7) is 12.8. The number of carbonyl (C=O) groups is 2. The van der Waals surface area contributed by atoms with Crippen LogP contribution in [0.4, 0.5) is 11.4 Å². The molecular weight excluding hydrogens is 432 g/mol. The van der Waals surface area contributed by atoms with E-state index in [9.17, 15) is 9.59 Å². The average Bonchev–Trinajstić information content (AvgIpc) is 2.87. The van der Waals surface area contributed by atoms with E-state index in [1.165, 1.54) is 33.4 Å². The molecule has 0 aromatic heterocycles. The molecule has 0 unspecified atom stereocenters. The van der Waals surface area contributed by atoms with Gasteiger partial charge in [-0.3, -0.25) is 9.59 Å². The van der Waals surface area contributed by atoms with Crippen LogP contribution in [0.5, 0.6) is 0 Å². The fourth-order valence-corrected chi connectivity index (χ4v) is 4.63. The monoisotopic (exact) mass is 478 g/mol. The van der Waals surface area contributed by atoms with E-state index < -0.39 is 0 Å². The highest BCUT2D eigenvalue weighted by molar-refractivity contribution is 5.93. The lowest BCUT2D eigenvalue weighted by molar-refractivity contribution is -0.117. The summed E-state index contributed by atoms with van der Waals surface area (Å²) in [5.74, 6) is 0.224. The molecule has 0 radical (unpaired) electrons. The van der Waals surface area contributed by atoms with Gasteiger partial charge < -0.3 is 10.6 Å². The third-order valence-electron chi connectivity index (χ3n) is 6.70. The van der Waals surface area contributed by atoms with Gasteiger partial charge in [0.2, 0.25) is 11.8 Å². The van der Waals surface area contributed by atoms with Crippen LogP contribution in [0, 0.1) is 0 Å². The number of nitrogens with one attached hydrogen (secondary N) is 2. The molecule has 2 N–H and O–H groups in total. The van der Waals surface area contributed by atoms with E-state index in [-0.39, 0.29) is 11.8 Å². The van der Waals surface area contributed by atoms with Gasteiger partial charge in [-0.05, 0) is 78.3 Å². The zero-order chi connectivity index (χ0) is 25.8. The van der Waals surface area contributed by atoms with Crippen molar-refractivity contribution in [3.8, 4) is 0 Å². The van der Waals surface area contributed by atoms with Gasteiger partial charge in [0.25, 0.3) is 0 Å². The van der Waals surface area contributed by atoms with Gasteiger partial charge in [0.1, 0.15) is 0 Å². The first-order chi connectivity index (χ1) is 16.9. The molecule has 4 nitrogen and oxygen atoms in total. The van der Waals surface area contributed by atoms with E-state index in [0.717, 1.165) is 69.2 Å². The molecule has 0 saturated carbocycles. The number of carbonyl (C=O) groups excluding carboxylic acids is 2.